The van der Waals surface area contributed by atoms with Crippen LogP contribution in [0.2, 0.25) is 5.02 Å². The zero-order valence-electron chi connectivity index (χ0n) is 11.9. The highest BCUT2D eigenvalue weighted by Crippen LogP contribution is 2.41. The van der Waals surface area contributed by atoms with Crippen LogP contribution in [0.1, 0.15) is 37.8 Å². The lowest BCUT2D eigenvalue weighted by molar-refractivity contribution is 0.181. The molecular formula is C14H24ClN3O. The van der Waals surface area contributed by atoms with Crippen LogP contribution in [0.4, 0.5) is 0 Å². The Kier molecular flexibility index (Phi) is 5.67. The normalized spacial score (nSPS) is 23.1. The van der Waals surface area contributed by atoms with E-state index in [2.05, 4.69) is 17.3 Å². The van der Waals surface area contributed by atoms with Crippen LogP contribution < -0.4 is 5.32 Å². The molecule has 1 fully saturated rings. The molecule has 0 saturated heterocycles. The van der Waals surface area contributed by atoms with E-state index in [-0.39, 0.29) is 0 Å². The molecular weight excluding hydrogens is 262 g/mol. The van der Waals surface area contributed by atoms with E-state index in [4.69, 9.17) is 16.3 Å². The molecule has 1 N–H and O–H groups in total. The molecule has 0 radical (unpaired) electrons. The van der Waals surface area contributed by atoms with Crippen LogP contribution in [-0.2, 0) is 11.3 Å². The van der Waals surface area contributed by atoms with E-state index >= 15 is 0 Å². The van der Waals surface area contributed by atoms with Crippen LogP contribution in [0.15, 0.2) is 6.20 Å². The fourth-order valence-corrected chi connectivity index (χ4v) is 3.35. The van der Waals surface area contributed by atoms with Crippen molar-refractivity contribution < 1.29 is 4.74 Å². The molecule has 5 heteroatoms. The number of ether oxygens (including phenoxy) is 1. The topological polar surface area (TPSA) is 39.1 Å². The fourth-order valence-electron chi connectivity index (χ4n) is 3.07. The van der Waals surface area contributed by atoms with Gasteiger partial charge in [0.2, 0.25) is 0 Å². The zero-order chi connectivity index (χ0) is 13.7. The second kappa shape index (κ2) is 7.27. The van der Waals surface area contributed by atoms with Crippen LogP contribution in [0.5, 0.6) is 0 Å². The van der Waals surface area contributed by atoms with Crippen LogP contribution in [0, 0.1) is 5.92 Å². The number of hydrogen-bond donors (Lipinski definition) is 1. The van der Waals surface area contributed by atoms with Crippen molar-refractivity contribution in [3.05, 3.63) is 16.9 Å². The third-order valence-electron chi connectivity index (χ3n) is 4.01. The summed E-state index contributed by atoms with van der Waals surface area (Å²) in [5.41, 5.74) is 1.21. The Labute approximate surface area is 120 Å². The van der Waals surface area contributed by atoms with E-state index in [1.54, 1.807) is 13.3 Å². The molecule has 1 heterocycles. The number of halogens is 1. The Balaban J connectivity index is 2.12. The average molecular weight is 286 g/mol. The first-order chi connectivity index (χ1) is 9.27. The Morgan fingerprint density at radius 3 is 3.11 bits per heavy atom. The molecule has 1 saturated carbocycles. The Hall–Kier alpha value is -0.580. The summed E-state index contributed by atoms with van der Waals surface area (Å²) in [6.07, 6.45) is 5.56. The number of nitrogens with zero attached hydrogens (tertiary/aromatic N) is 2. The minimum atomic E-state index is 0.533. The molecule has 2 unspecified atom stereocenters. The Bertz CT molecular complexity index is 394. The first-order valence-electron chi connectivity index (χ1n) is 7.18. The predicted molar refractivity (Wildman–Crippen MR) is 77.7 cm³/mol. The van der Waals surface area contributed by atoms with E-state index in [9.17, 15) is 0 Å². The average Bonchev–Trinajstić information content (AvgIpc) is 3.00. The van der Waals surface area contributed by atoms with Crippen molar-refractivity contribution in [1.82, 2.24) is 15.1 Å². The van der Waals surface area contributed by atoms with Gasteiger partial charge in [-0.1, -0.05) is 24.9 Å². The molecule has 2 rings (SSSR count). The summed E-state index contributed by atoms with van der Waals surface area (Å²) in [6.45, 7) is 5.71. The van der Waals surface area contributed by atoms with Gasteiger partial charge in [0.05, 0.1) is 30.1 Å². The van der Waals surface area contributed by atoms with Crippen molar-refractivity contribution in [2.75, 3.05) is 26.8 Å². The molecule has 0 aromatic carbocycles. The van der Waals surface area contributed by atoms with Gasteiger partial charge in [0.25, 0.3) is 0 Å². The van der Waals surface area contributed by atoms with Gasteiger partial charge in [-0.25, -0.2) is 0 Å². The second-order valence-corrected chi connectivity index (χ2v) is 5.61. The maximum Gasteiger partial charge on any atom is 0.0820 e. The minimum absolute atomic E-state index is 0.533. The molecule has 1 aliphatic carbocycles. The quantitative estimate of drug-likeness (QED) is 0.837. The van der Waals surface area contributed by atoms with Gasteiger partial charge < -0.3 is 10.1 Å². The van der Waals surface area contributed by atoms with E-state index in [1.807, 2.05) is 4.68 Å². The van der Waals surface area contributed by atoms with Gasteiger partial charge in [-0.05, 0) is 31.8 Å². The maximum absolute atomic E-state index is 6.36. The largest absolute Gasteiger partial charge is 0.383 e. The molecule has 1 aromatic heterocycles. The van der Waals surface area contributed by atoms with E-state index in [0.717, 1.165) is 24.7 Å². The van der Waals surface area contributed by atoms with Gasteiger partial charge in [0, 0.05) is 13.0 Å². The number of hydrogen-bond acceptors (Lipinski definition) is 3. The fraction of sp³-hybridized carbons (Fsp3) is 0.786. The molecule has 0 spiro atoms. The number of methoxy groups -OCH3 is 1. The monoisotopic (exact) mass is 285 g/mol. The van der Waals surface area contributed by atoms with E-state index in [1.165, 1.54) is 25.0 Å². The number of aromatic nitrogens is 2. The van der Waals surface area contributed by atoms with Crippen LogP contribution >= 0.6 is 11.6 Å². The highest BCUT2D eigenvalue weighted by molar-refractivity contribution is 6.31. The van der Waals surface area contributed by atoms with Gasteiger partial charge in [-0.3, -0.25) is 4.68 Å². The molecule has 4 nitrogen and oxygen atoms in total. The lowest BCUT2D eigenvalue weighted by Gasteiger charge is -2.21. The molecule has 1 aromatic rings. The second-order valence-electron chi connectivity index (χ2n) is 5.20. The third kappa shape index (κ3) is 3.50. The molecule has 0 aliphatic heterocycles. The molecule has 1 aliphatic rings. The van der Waals surface area contributed by atoms with Gasteiger partial charge in [0.15, 0.2) is 0 Å². The summed E-state index contributed by atoms with van der Waals surface area (Å²) < 4.78 is 7.18. The van der Waals surface area contributed by atoms with Crippen LogP contribution in [-0.4, -0.2) is 36.6 Å². The van der Waals surface area contributed by atoms with Gasteiger partial charge in [-0.15, -0.1) is 0 Å². The van der Waals surface area contributed by atoms with Gasteiger partial charge in [-0.2, -0.15) is 5.10 Å². The molecule has 108 valence electrons. The van der Waals surface area contributed by atoms with Gasteiger partial charge in [0.1, 0.15) is 0 Å². The smallest absolute Gasteiger partial charge is 0.0820 e. The van der Waals surface area contributed by atoms with Crippen molar-refractivity contribution in [3.8, 4) is 0 Å². The third-order valence-corrected chi connectivity index (χ3v) is 4.30. The highest BCUT2D eigenvalue weighted by atomic mass is 35.5. The lowest BCUT2D eigenvalue weighted by Crippen LogP contribution is -2.25. The number of rotatable bonds is 7. The first kappa shape index (κ1) is 14.8. The summed E-state index contributed by atoms with van der Waals surface area (Å²) in [6, 6.07) is 0. The summed E-state index contributed by atoms with van der Waals surface area (Å²) in [5, 5.41) is 8.67. The maximum atomic E-state index is 6.36. The predicted octanol–water partition coefficient (Wildman–Crippen LogP) is 2.68. The SMILES string of the molecule is CCNCC1CCCC1c1c(Cl)cnn1CCOC. The van der Waals surface area contributed by atoms with Crippen molar-refractivity contribution in [2.24, 2.45) is 5.92 Å². The number of nitrogens with one attached hydrogen (secondary N) is 1. The summed E-state index contributed by atoms with van der Waals surface area (Å²) in [7, 11) is 1.72. The van der Waals surface area contributed by atoms with Crippen molar-refractivity contribution in [1.29, 1.82) is 0 Å². The summed E-state index contributed by atoms with van der Waals surface area (Å²) in [4.78, 5) is 0. The standard InChI is InChI=1S/C14H24ClN3O/c1-3-16-9-11-5-4-6-12(11)14-13(15)10-17-18(14)7-8-19-2/h10-12,16H,3-9H2,1-2H3. The zero-order valence-corrected chi connectivity index (χ0v) is 12.6. The molecule has 0 amide bonds. The molecule has 0 bridgehead atoms. The van der Waals surface area contributed by atoms with E-state index < -0.39 is 0 Å². The van der Waals surface area contributed by atoms with Crippen LogP contribution in [0.3, 0.4) is 0 Å². The molecule has 2 atom stereocenters. The highest BCUT2D eigenvalue weighted by Gasteiger charge is 2.32. The van der Waals surface area contributed by atoms with Crippen molar-refractivity contribution >= 4 is 11.6 Å². The Morgan fingerprint density at radius 1 is 1.53 bits per heavy atom. The van der Waals surface area contributed by atoms with Gasteiger partial charge >= 0.3 is 0 Å². The van der Waals surface area contributed by atoms with Crippen molar-refractivity contribution in [2.45, 2.75) is 38.6 Å². The van der Waals surface area contributed by atoms with Crippen molar-refractivity contribution in [3.63, 3.8) is 0 Å². The van der Waals surface area contributed by atoms with Crippen LogP contribution in [0.25, 0.3) is 0 Å². The summed E-state index contributed by atoms with van der Waals surface area (Å²) >= 11 is 6.36. The Morgan fingerprint density at radius 2 is 2.37 bits per heavy atom. The molecule has 19 heavy (non-hydrogen) atoms. The summed E-state index contributed by atoms with van der Waals surface area (Å²) in [5.74, 6) is 1.21. The first-order valence-corrected chi connectivity index (χ1v) is 7.56. The van der Waals surface area contributed by atoms with E-state index in [0.29, 0.717) is 18.4 Å². The minimum Gasteiger partial charge on any atom is -0.383 e. The lowest BCUT2D eigenvalue weighted by atomic mass is 9.92.